The molecule has 0 radical (unpaired) electrons. The Bertz CT molecular complexity index is 1140. The molecule has 2 aliphatic rings. The molecule has 166 valence electrons. The quantitative estimate of drug-likeness (QED) is 0.717. The second kappa shape index (κ2) is 8.23. The molecule has 5 nitrogen and oxygen atoms in total. The van der Waals surface area contributed by atoms with E-state index in [1.807, 2.05) is 42.3 Å². The standard InChI is InChI=1S/C26H30N4OS/c1-26(2,3)22-12-11-21(32-22)23-18(15-27)25(28)30(29(4)5)19-13-17(14-20(31)24(19)23)16-9-7-6-8-10-16/h6-12,17,23H,13-14,28H2,1-5H3/t17-,23+/m0/s1. The van der Waals surface area contributed by atoms with Crippen molar-refractivity contribution in [3.05, 3.63) is 80.4 Å². The van der Waals surface area contributed by atoms with E-state index >= 15 is 0 Å². The molecule has 1 aliphatic carbocycles. The lowest BCUT2D eigenvalue weighted by atomic mass is 9.74. The number of nitriles is 1. The Kier molecular flexibility index (Phi) is 5.74. The van der Waals surface area contributed by atoms with Gasteiger partial charge in [0.15, 0.2) is 5.78 Å². The first-order valence-electron chi connectivity index (χ1n) is 10.9. The van der Waals surface area contributed by atoms with E-state index in [1.54, 1.807) is 11.3 Å². The summed E-state index contributed by atoms with van der Waals surface area (Å²) < 4.78 is 0. The number of hydrogen-bond donors (Lipinski definition) is 1. The van der Waals surface area contributed by atoms with E-state index in [4.69, 9.17) is 5.73 Å². The van der Waals surface area contributed by atoms with Crippen molar-refractivity contribution in [3.8, 4) is 6.07 Å². The molecular formula is C26H30N4OS. The van der Waals surface area contributed by atoms with Crippen molar-refractivity contribution in [2.45, 2.75) is 50.9 Å². The van der Waals surface area contributed by atoms with Gasteiger partial charge in [0.2, 0.25) is 0 Å². The van der Waals surface area contributed by atoms with Crippen LogP contribution in [0.15, 0.2) is 65.1 Å². The minimum absolute atomic E-state index is 0.00150. The molecule has 0 spiro atoms. The van der Waals surface area contributed by atoms with Crippen LogP contribution < -0.4 is 5.73 Å². The van der Waals surface area contributed by atoms with Crippen LogP contribution in [0, 0.1) is 11.3 Å². The van der Waals surface area contributed by atoms with E-state index in [0.717, 1.165) is 21.7 Å². The van der Waals surface area contributed by atoms with E-state index in [2.05, 4.69) is 51.1 Å². The number of ketones is 1. The molecule has 1 aliphatic heterocycles. The Morgan fingerprint density at radius 2 is 1.81 bits per heavy atom. The van der Waals surface area contributed by atoms with E-state index in [0.29, 0.717) is 24.2 Å². The van der Waals surface area contributed by atoms with Gasteiger partial charge >= 0.3 is 0 Å². The van der Waals surface area contributed by atoms with Crippen LogP contribution in [0.25, 0.3) is 0 Å². The molecular weight excluding hydrogens is 416 g/mol. The number of carbonyl (C=O) groups excluding carboxylic acids is 1. The molecule has 2 atom stereocenters. The van der Waals surface area contributed by atoms with Crippen molar-refractivity contribution in [2.75, 3.05) is 14.1 Å². The SMILES string of the molecule is CN(C)N1C(N)=C(C#N)[C@H](c2ccc(C(C)(C)C)s2)C2=C1C[C@H](c1ccccc1)CC2=O. The van der Waals surface area contributed by atoms with Crippen molar-refractivity contribution in [3.63, 3.8) is 0 Å². The third kappa shape index (κ3) is 3.76. The van der Waals surface area contributed by atoms with Gasteiger partial charge in [-0.3, -0.25) is 9.80 Å². The molecule has 32 heavy (non-hydrogen) atoms. The minimum Gasteiger partial charge on any atom is -0.383 e. The first-order valence-corrected chi connectivity index (χ1v) is 11.7. The van der Waals surface area contributed by atoms with E-state index < -0.39 is 5.92 Å². The van der Waals surface area contributed by atoms with Crippen molar-refractivity contribution in [1.82, 2.24) is 10.0 Å². The van der Waals surface area contributed by atoms with Gasteiger partial charge in [-0.2, -0.15) is 5.26 Å². The summed E-state index contributed by atoms with van der Waals surface area (Å²) >= 11 is 1.67. The van der Waals surface area contributed by atoms with Crippen LogP contribution in [0.2, 0.25) is 0 Å². The van der Waals surface area contributed by atoms with Crippen molar-refractivity contribution in [2.24, 2.45) is 5.73 Å². The number of rotatable bonds is 3. The number of hydrazine groups is 1. The predicted molar refractivity (Wildman–Crippen MR) is 129 cm³/mol. The van der Waals surface area contributed by atoms with Gasteiger partial charge < -0.3 is 5.73 Å². The Morgan fingerprint density at radius 3 is 2.38 bits per heavy atom. The lowest BCUT2D eigenvalue weighted by molar-refractivity contribution is -0.117. The topological polar surface area (TPSA) is 73.4 Å². The van der Waals surface area contributed by atoms with Gasteiger partial charge in [0, 0.05) is 41.5 Å². The van der Waals surface area contributed by atoms with Crippen LogP contribution in [0.3, 0.4) is 0 Å². The van der Waals surface area contributed by atoms with Gasteiger partial charge in [-0.15, -0.1) is 11.3 Å². The molecule has 0 saturated heterocycles. The van der Waals surface area contributed by atoms with Crippen molar-refractivity contribution < 1.29 is 4.79 Å². The summed E-state index contributed by atoms with van der Waals surface area (Å²) in [5, 5.41) is 13.8. The highest BCUT2D eigenvalue weighted by molar-refractivity contribution is 7.12. The third-order valence-corrected chi connectivity index (χ3v) is 7.84. The summed E-state index contributed by atoms with van der Waals surface area (Å²) in [4.78, 5) is 15.9. The van der Waals surface area contributed by atoms with Gasteiger partial charge in [-0.25, -0.2) is 5.01 Å². The molecule has 0 unspecified atom stereocenters. The average Bonchev–Trinajstić information content (AvgIpc) is 3.23. The number of nitrogens with zero attached hydrogens (tertiary/aromatic N) is 3. The number of allylic oxidation sites excluding steroid dienone is 3. The molecule has 2 N–H and O–H groups in total. The number of nitrogens with two attached hydrogens (primary N) is 1. The summed E-state index contributed by atoms with van der Waals surface area (Å²) in [7, 11) is 3.79. The molecule has 1 aromatic carbocycles. The van der Waals surface area contributed by atoms with E-state index in [1.165, 1.54) is 4.88 Å². The highest BCUT2D eigenvalue weighted by Gasteiger charge is 2.43. The van der Waals surface area contributed by atoms with Crippen molar-refractivity contribution in [1.29, 1.82) is 5.26 Å². The zero-order valence-corrected chi connectivity index (χ0v) is 20.2. The number of benzene rings is 1. The summed E-state index contributed by atoms with van der Waals surface area (Å²) in [5.41, 5.74) is 9.83. The summed E-state index contributed by atoms with van der Waals surface area (Å²) in [5.74, 6) is 0.198. The Balaban J connectivity index is 1.88. The Labute approximate surface area is 194 Å². The zero-order chi connectivity index (χ0) is 23.2. The Hall–Kier alpha value is -2.88. The molecule has 1 aromatic heterocycles. The lowest BCUT2D eigenvalue weighted by Gasteiger charge is -2.43. The lowest BCUT2D eigenvalue weighted by Crippen LogP contribution is -2.45. The maximum atomic E-state index is 13.7. The highest BCUT2D eigenvalue weighted by Crippen LogP contribution is 2.49. The summed E-state index contributed by atoms with van der Waals surface area (Å²) in [6.45, 7) is 6.52. The van der Waals surface area contributed by atoms with Gasteiger partial charge in [0.1, 0.15) is 5.82 Å². The molecule has 2 heterocycles. The fraction of sp³-hybridized carbons (Fsp3) is 0.385. The fourth-order valence-corrected chi connectivity index (χ4v) is 5.91. The fourth-order valence-electron chi connectivity index (χ4n) is 4.73. The zero-order valence-electron chi connectivity index (χ0n) is 19.3. The van der Waals surface area contributed by atoms with Gasteiger partial charge in [0.25, 0.3) is 0 Å². The van der Waals surface area contributed by atoms with Crippen LogP contribution in [0.4, 0.5) is 0 Å². The Morgan fingerprint density at radius 1 is 1.12 bits per heavy atom. The molecule has 0 fully saturated rings. The van der Waals surface area contributed by atoms with Crippen LogP contribution in [0.1, 0.15) is 60.8 Å². The predicted octanol–water partition coefficient (Wildman–Crippen LogP) is 5.02. The van der Waals surface area contributed by atoms with Gasteiger partial charge in [-0.1, -0.05) is 51.1 Å². The summed E-state index contributed by atoms with van der Waals surface area (Å²) in [6, 6.07) is 16.7. The van der Waals surface area contributed by atoms with E-state index in [-0.39, 0.29) is 17.1 Å². The largest absolute Gasteiger partial charge is 0.383 e. The molecule has 6 heteroatoms. The molecule has 0 amide bonds. The number of Topliss-reactive ketones (excluding diaryl/α,β-unsaturated/α-hetero) is 1. The maximum absolute atomic E-state index is 13.7. The first kappa shape index (κ1) is 22.3. The summed E-state index contributed by atoms with van der Waals surface area (Å²) in [6.07, 6.45) is 1.15. The normalized spacial score (nSPS) is 21.8. The first-order chi connectivity index (χ1) is 15.1. The second-order valence-corrected chi connectivity index (χ2v) is 10.9. The number of hydrogen-bond acceptors (Lipinski definition) is 6. The van der Waals surface area contributed by atoms with Crippen LogP contribution in [-0.4, -0.2) is 29.9 Å². The number of carbonyl (C=O) groups is 1. The van der Waals surface area contributed by atoms with Gasteiger partial charge in [0.05, 0.1) is 17.6 Å². The average molecular weight is 447 g/mol. The molecule has 0 bridgehead atoms. The van der Waals surface area contributed by atoms with Crippen LogP contribution in [0.5, 0.6) is 0 Å². The third-order valence-electron chi connectivity index (χ3n) is 6.26. The monoisotopic (exact) mass is 446 g/mol. The molecule has 4 rings (SSSR count). The highest BCUT2D eigenvalue weighted by atomic mass is 32.1. The van der Waals surface area contributed by atoms with E-state index in [9.17, 15) is 10.1 Å². The second-order valence-electron chi connectivity index (χ2n) is 9.75. The van der Waals surface area contributed by atoms with Crippen LogP contribution >= 0.6 is 11.3 Å². The number of thiophene rings is 1. The smallest absolute Gasteiger partial charge is 0.162 e. The minimum atomic E-state index is -0.406. The van der Waals surface area contributed by atoms with Crippen LogP contribution in [-0.2, 0) is 10.2 Å². The van der Waals surface area contributed by atoms with Crippen molar-refractivity contribution >= 4 is 17.1 Å². The maximum Gasteiger partial charge on any atom is 0.162 e. The molecule has 0 saturated carbocycles. The molecule has 2 aromatic rings. The van der Waals surface area contributed by atoms with Gasteiger partial charge in [-0.05, 0) is 35.4 Å².